The first kappa shape index (κ1) is 15.4. The molecule has 0 N–H and O–H groups in total. The van der Waals surface area contributed by atoms with Gasteiger partial charge in [-0.15, -0.1) is 5.10 Å². The number of aromatic nitrogens is 2. The summed E-state index contributed by atoms with van der Waals surface area (Å²) in [6, 6.07) is 13.4. The number of hydrogen-bond donors (Lipinski definition) is 0. The SMILES string of the molecule is O=C(COCc1ccccc1)N1CC[C@@H](Oc2cccnn2)C1. The summed E-state index contributed by atoms with van der Waals surface area (Å²) in [5.41, 5.74) is 1.06. The van der Waals surface area contributed by atoms with Crippen LogP contribution in [-0.4, -0.2) is 46.8 Å². The molecule has 0 unspecified atom stereocenters. The van der Waals surface area contributed by atoms with E-state index in [2.05, 4.69) is 10.2 Å². The first-order valence-electron chi connectivity index (χ1n) is 7.65. The molecule has 1 saturated heterocycles. The van der Waals surface area contributed by atoms with E-state index in [4.69, 9.17) is 9.47 Å². The minimum Gasteiger partial charge on any atom is -0.471 e. The zero-order valence-corrected chi connectivity index (χ0v) is 12.8. The van der Waals surface area contributed by atoms with E-state index in [1.54, 1.807) is 23.2 Å². The molecule has 1 aromatic carbocycles. The normalized spacial score (nSPS) is 17.2. The van der Waals surface area contributed by atoms with E-state index >= 15 is 0 Å². The van der Waals surface area contributed by atoms with Gasteiger partial charge in [0.25, 0.3) is 0 Å². The number of carbonyl (C=O) groups excluding carboxylic acids is 1. The maximum absolute atomic E-state index is 12.2. The Morgan fingerprint density at radius 1 is 1.22 bits per heavy atom. The number of benzene rings is 1. The van der Waals surface area contributed by atoms with E-state index in [-0.39, 0.29) is 18.6 Å². The second-order valence-corrected chi connectivity index (χ2v) is 5.41. The third-order valence-corrected chi connectivity index (χ3v) is 3.67. The van der Waals surface area contributed by atoms with Crippen LogP contribution in [0.25, 0.3) is 0 Å². The van der Waals surface area contributed by atoms with Gasteiger partial charge in [-0.05, 0) is 11.6 Å². The maximum atomic E-state index is 12.2. The molecule has 1 atom stereocenters. The standard InChI is InChI=1S/C17H19N3O3/c21-17(13-22-12-14-5-2-1-3-6-14)20-10-8-15(11-20)23-16-7-4-9-18-19-16/h1-7,9,15H,8,10-13H2/t15-/m1/s1. The highest BCUT2D eigenvalue weighted by Crippen LogP contribution is 2.16. The van der Waals surface area contributed by atoms with Crippen LogP contribution < -0.4 is 4.74 Å². The smallest absolute Gasteiger partial charge is 0.248 e. The molecule has 2 aromatic rings. The van der Waals surface area contributed by atoms with Crippen molar-refractivity contribution in [2.24, 2.45) is 0 Å². The predicted octanol–water partition coefficient (Wildman–Crippen LogP) is 1.67. The van der Waals surface area contributed by atoms with Crippen LogP contribution in [-0.2, 0) is 16.1 Å². The summed E-state index contributed by atoms with van der Waals surface area (Å²) in [5, 5.41) is 7.67. The first-order chi connectivity index (χ1) is 11.3. The molecule has 0 bridgehead atoms. The van der Waals surface area contributed by atoms with E-state index in [1.165, 1.54) is 0 Å². The summed E-state index contributed by atoms with van der Waals surface area (Å²) < 4.78 is 11.2. The third-order valence-electron chi connectivity index (χ3n) is 3.67. The Morgan fingerprint density at radius 2 is 2.09 bits per heavy atom. The second-order valence-electron chi connectivity index (χ2n) is 5.41. The molecule has 1 fully saturated rings. The molecule has 1 aromatic heterocycles. The maximum Gasteiger partial charge on any atom is 0.248 e. The van der Waals surface area contributed by atoms with Crippen LogP contribution in [0.15, 0.2) is 48.7 Å². The zero-order chi connectivity index (χ0) is 15.9. The van der Waals surface area contributed by atoms with Gasteiger partial charge in [-0.25, -0.2) is 0 Å². The van der Waals surface area contributed by atoms with Gasteiger partial charge in [0.15, 0.2) is 0 Å². The van der Waals surface area contributed by atoms with E-state index in [9.17, 15) is 4.79 Å². The van der Waals surface area contributed by atoms with Crippen molar-refractivity contribution in [3.8, 4) is 5.88 Å². The van der Waals surface area contributed by atoms with Crippen molar-refractivity contribution in [2.45, 2.75) is 19.1 Å². The molecular formula is C17H19N3O3. The highest BCUT2D eigenvalue weighted by molar-refractivity contribution is 5.77. The molecular weight excluding hydrogens is 294 g/mol. The van der Waals surface area contributed by atoms with Gasteiger partial charge in [0.2, 0.25) is 11.8 Å². The van der Waals surface area contributed by atoms with E-state index in [0.29, 0.717) is 25.6 Å². The molecule has 6 heteroatoms. The van der Waals surface area contributed by atoms with Gasteiger partial charge < -0.3 is 14.4 Å². The minimum atomic E-state index is -0.0372. The van der Waals surface area contributed by atoms with Gasteiger partial charge >= 0.3 is 0 Å². The Hall–Kier alpha value is -2.47. The van der Waals surface area contributed by atoms with Gasteiger partial charge in [-0.1, -0.05) is 30.3 Å². The highest BCUT2D eigenvalue weighted by Gasteiger charge is 2.27. The van der Waals surface area contributed by atoms with Crippen molar-refractivity contribution in [3.63, 3.8) is 0 Å². The summed E-state index contributed by atoms with van der Waals surface area (Å²) >= 11 is 0. The van der Waals surface area contributed by atoms with Crippen molar-refractivity contribution < 1.29 is 14.3 Å². The summed E-state index contributed by atoms with van der Waals surface area (Å²) in [6.07, 6.45) is 2.35. The molecule has 0 radical (unpaired) electrons. The molecule has 1 amide bonds. The molecule has 120 valence electrons. The fraction of sp³-hybridized carbons (Fsp3) is 0.353. The number of nitrogens with zero attached hydrogens (tertiary/aromatic N) is 3. The summed E-state index contributed by atoms with van der Waals surface area (Å²) in [4.78, 5) is 13.9. The van der Waals surface area contributed by atoms with Crippen molar-refractivity contribution in [1.29, 1.82) is 0 Å². The second kappa shape index (κ2) is 7.69. The van der Waals surface area contributed by atoms with E-state index in [1.807, 2.05) is 30.3 Å². The highest BCUT2D eigenvalue weighted by atomic mass is 16.5. The average Bonchev–Trinajstić information content (AvgIpc) is 3.05. The Bertz CT molecular complexity index is 621. The monoisotopic (exact) mass is 313 g/mol. The van der Waals surface area contributed by atoms with Crippen LogP contribution >= 0.6 is 0 Å². The Balaban J connectivity index is 1.41. The van der Waals surface area contributed by atoms with Crippen LogP contribution in [0.1, 0.15) is 12.0 Å². The minimum absolute atomic E-state index is 0.00817. The molecule has 1 aliphatic heterocycles. The summed E-state index contributed by atoms with van der Waals surface area (Å²) in [5.74, 6) is 0.485. The lowest BCUT2D eigenvalue weighted by Crippen LogP contribution is -2.33. The lowest BCUT2D eigenvalue weighted by Gasteiger charge is -2.16. The molecule has 3 rings (SSSR count). The molecule has 0 spiro atoms. The van der Waals surface area contributed by atoms with E-state index < -0.39 is 0 Å². The van der Waals surface area contributed by atoms with Crippen molar-refractivity contribution >= 4 is 5.91 Å². The summed E-state index contributed by atoms with van der Waals surface area (Å²) in [7, 11) is 0. The van der Waals surface area contributed by atoms with Gasteiger partial charge in [-0.2, -0.15) is 5.10 Å². The predicted molar refractivity (Wildman–Crippen MR) is 83.7 cm³/mol. The Kier molecular flexibility index (Phi) is 5.16. The van der Waals surface area contributed by atoms with Gasteiger partial charge in [0.1, 0.15) is 12.7 Å². The van der Waals surface area contributed by atoms with Crippen molar-refractivity contribution in [1.82, 2.24) is 15.1 Å². The largest absolute Gasteiger partial charge is 0.471 e. The quantitative estimate of drug-likeness (QED) is 0.812. The van der Waals surface area contributed by atoms with Gasteiger partial charge in [0, 0.05) is 25.2 Å². The molecule has 1 aliphatic rings. The average molecular weight is 313 g/mol. The lowest BCUT2D eigenvalue weighted by molar-refractivity contribution is -0.135. The molecule has 0 aliphatic carbocycles. The first-order valence-corrected chi connectivity index (χ1v) is 7.65. The third kappa shape index (κ3) is 4.50. The fourth-order valence-corrected chi connectivity index (χ4v) is 2.49. The number of likely N-dealkylation sites (tertiary alicyclic amines) is 1. The van der Waals surface area contributed by atoms with Gasteiger partial charge in [0.05, 0.1) is 13.2 Å². The number of ether oxygens (including phenoxy) is 2. The van der Waals surface area contributed by atoms with Crippen LogP contribution in [0.5, 0.6) is 5.88 Å². The fourth-order valence-electron chi connectivity index (χ4n) is 2.49. The number of rotatable bonds is 6. The van der Waals surface area contributed by atoms with Crippen molar-refractivity contribution in [2.75, 3.05) is 19.7 Å². The van der Waals surface area contributed by atoms with Gasteiger partial charge in [-0.3, -0.25) is 4.79 Å². The topological polar surface area (TPSA) is 64.5 Å². The van der Waals surface area contributed by atoms with Crippen molar-refractivity contribution in [3.05, 3.63) is 54.2 Å². The van der Waals surface area contributed by atoms with E-state index in [0.717, 1.165) is 12.0 Å². The number of amides is 1. The van der Waals surface area contributed by atoms with Crippen LogP contribution in [0.4, 0.5) is 0 Å². The molecule has 6 nitrogen and oxygen atoms in total. The number of hydrogen-bond acceptors (Lipinski definition) is 5. The zero-order valence-electron chi connectivity index (χ0n) is 12.8. The lowest BCUT2D eigenvalue weighted by atomic mass is 10.2. The summed E-state index contributed by atoms with van der Waals surface area (Å²) in [6.45, 7) is 1.77. The van der Waals surface area contributed by atoms with Crippen LogP contribution in [0, 0.1) is 0 Å². The Labute approximate surface area is 135 Å². The van der Waals surface area contributed by atoms with Crippen LogP contribution in [0.2, 0.25) is 0 Å². The molecule has 0 saturated carbocycles. The molecule has 2 heterocycles. The number of carbonyl (C=O) groups is 1. The van der Waals surface area contributed by atoms with Crippen LogP contribution in [0.3, 0.4) is 0 Å². The molecule has 23 heavy (non-hydrogen) atoms. The Morgan fingerprint density at radius 3 is 2.87 bits per heavy atom.